The molecule has 1 aromatic rings. The molecule has 4 rings (SSSR count). The van der Waals surface area contributed by atoms with Crippen molar-refractivity contribution in [2.75, 3.05) is 32.9 Å². The Morgan fingerprint density at radius 2 is 1.95 bits per heavy atom. The second-order valence-electron chi connectivity index (χ2n) is 7.03. The van der Waals surface area contributed by atoms with Crippen LogP contribution in [-0.2, 0) is 22.4 Å². The van der Waals surface area contributed by atoms with Gasteiger partial charge in [-0.05, 0) is 56.0 Å². The van der Waals surface area contributed by atoms with Crippen LogP contribution in [0.1, 0.15) is 43.0 Å². The summed E-state index contributed by atoms with van der Waals surface area (Å²) in [5, 5.41) is 8.41. The van der Waals surface area contributed by atoms with Gasteiger partial charge >= 0.3 is 0 Å². The van der Waals surface area contributed by atoms with E-state index in [1.54, 1.807) is 0 Å². The van der Waals surface area contributed by atoms with E-state index in [-0.39, 0.29) is 6.10 Å². The van der Waals surface area contributed by atoms with Crippen LogP contribution in [0.5, 0.6) is 0 Å². The zero-order valence-electron chi connectivity index (χ0n) is 13.3. The lowest BCUT2D eigenvalue weighted by Crippen LogP contribution is -2.33. The molecule has 1 saturated carbocycles. The lowest BCUT2D eigenvalue weighted by atomic mass is 10.00. The van der Waals surface area contributed by atoms with Gasteiger partial charge in [-0.25, -0.2) is 0 Å². The fraction of sp³-hybridized carbons (Fsp3) is 0.824. The van der Waals surface area contributed by atoms with Crippen molar-refractivity contribution in [3.05, 3.63) is 17.5 Å². The van der Waals surface area contributed by atoms with Crippen LogP contribution in [0.15, 0.2) is 6.20 Å². The highest BCUT2D eigenvalue weighted by atomic mass is 16.5. The van der Waals surface area contributed by atoms with E-state index in [4.69, 9.17) is 14.6 Å². The van der Waals surface area contributed by atoms with Gasteiger partial charge in [0.15, 0.2) is 0 Å². The van der Waals surface area contributed by atoms with Crippen LogP contribution in [0.25, 0.3) is 0 Å². The highest BCUT2D eigenvalue weighted by molar-refractivity contribution is 5.22. The van der Waals surface area contributed by atoms with E-state index in [0.717, 1.165) is 57.7 Å². The Hall–Kier alpha value is -0.910. The average Bonchev–Trinajstić information content (AvgIpc) is 3.25. The van der Waals surface area contributed by atoms with Crippen LogP contribution in [-0.4, -0.2) is 42.7 Å². The minimum atomic E-state index is 0.129. The summed E-state index contributed by atoms with van der Waals surface area (Å²) < 4.78 is 13.5. The smallest absolute Gasteiger partial charge is 0.114 e. The Balaban J connectivity index is 1.31. The number of nitrogens with one attached hydrogen (secondary N) is 1. The predicted molar refractivity (Wildman–Crippen MR) is 83.8 cm³/mol. The van der Waals surface area contributed by atoms with Gasteiger partial charge in [0.1, 0.15) is 6.10 Å². The highest BCUT2D eigenvalue weighted by Crippen LogP contribution is 2.32. The van der Waals surface area contributed by atoms with Crippen molar-refractivity contribution in [1.29, 1.82) is 0 Å². The molecule has 122 valence electrons. The summed E-state index contributed by atoms with van der Waals surface area (Å²) in [4.78, 5) is 0. The molecule has 0 unspecified atom stereocenters. The topological polar surface area (TPSA) is 48.3 Å². The SMILES string of the molecule is c1c2c(nn1CC1CC1)[C@@H](CNCC1CCOCC1)OCC2. The van der Waals surface area contributed by atoms with Crippen molar-refractivity contribution in [3.63, 3.8) is 0 Å². The lowest BCUT2D eigenvalue weighted by Gasteiger charge is -2.25. The first-order chi connectivity index (χ1) is 10.9. The zero-order chi connectivity index (χ0) is 14.8. The molecule has 5 heteroatoms. The number of ether oxygens (including phenoxy) is 2. The van der Waals surface area contributed by atoms with E-state index in [2.05, 4.69) is 16.2 Å². The summed E-state index contributed by atoms with van der Waals surface area (Å²) in [6, 6.07) is 0. The van der Waals surface area contributed by atoms with Crippen molar-refractivity contribution in [3.8, 4) is 0 Å². The number of hydrogen-bond acceptors (Lipinski definition) is 4. The minimum Gasteiger partial charge on any atom is -0.381 e. The van der Waals surface area contributed by atoms with Crippen LogP contribution in [0.3, 0.4) is 0 Å². The van der Waals surface area contributed by atoms with Gasteiger partial charge in [0, 0.05) is 32.5 Å². The molecule has 0 aromatic carbocycles. The number of fused-ring (bicyclic) bond motifs is 1. The maximum atomic E-state index is 5.96. The van der Waals surface area contributed by atoms with E-state index < -0.39 is 0 Å². The molecular weight excluding hydrogens is 278 g/mol. The molecule has 2 fully saturated rings. The van der Waals surface area contributed by atoms with Crippen LogP contribution < -0.4 is 5.32 Å². The zero-order valence-corrected chi connectivity index (χ0v) is 13.3. The van der Waals surface area contributed by atoms with E-state index in [9.17, 15) is 0 Å². The molecule has 22 heavy (non-hydrogen) atoms. The summed E-state index contributed by atoms with van der Waals surface area (Å²) in [6.45, 7) is 5.71. The van der Waals surface area contributed by atoms with Crippen LogP contribution in [0, 0.1) is 11.8 Å². The third-order valence-electron chi connectivity index (χ3n) is 5.11. The van der Waals surface area contributed by atoms with E-state index >= 15 is 0 Å². The van der Waals surface area contributed by atoms with Gasteiger partial charge in [0.25, 0.3) is 0 Å². The minimum absolute atomic E-state index is 0.129. The maximum absolute atomic E-state index is 5.96. The largest absolute Gasteiger partial charge is 0.381 e. The second kappa shape index (κ2) is 6.69. The molecule has 1 atom stereocenters. The molecular formula is C17H27N3O2. The number of nitrogens with zero attached hydrogens (tertiary/aromatic N) is 2. The van der Waals surface area contributed by atoms with Gasteiger partial charge in [-0.15, -0.1) is 0 Å². The van der Waals surface area contributed by atoms with Crippen molar-refractivity contribution < 1.29 is 9.47 Å². The van der Waals surface area contributed by atoms with Crippen LogP contribution in [0.2, 0.25) is 0 Å². The second-order valence-corrected chi connectivity index (χ2v) is 7.03. The molecule has 3 aliphatic rings. The van der Waals surface area contributed by atoms with Gasteiger partial charge in [-0.1, -0.05) is 0 Å². The molecule has 3 heterocycles. The average molecular weight is 305 g/mol. The normalized spacial score (nSPS) is 26.1. The Bertz CT molecular complexity index is 492. The standard InChI is InChI=1S/C17H27N3O2/c1-2-14(1)11-20-12-15-5-8-22-16(17(15)19-20)10-18-9-13-3-6-21-7-4-13/h12-14,16,18H,1-11H2/t16-/m1/s1. The lowest BCUT2D eigenvalue weighted by molar-refractivity contribution is 0.0352. The summed E-state index contributed by atoms with van der Waals surface area (Å²) in [7, 11) is 0. The Morgan fingerprint density at radius 3 is 2.77 bits per heavy atom. The van der Waals surface area contributed by atoms with E-state index in [0.29, 0.717) is 0 Å². The molecule has 0 bridgehead atoms. The number of hydrogen-bond donors (Lipinski definition) is 1. The molecule has 0 amide bonds. The van der Waals surface area contributed by atoms with Gasteiger partial charge in [-0.2, -0.15) is 5.10 Å². The molecule has 2 aliphatic heterocycles. The maximum Gasteiger partial charge on any atom is 0.114 e. The first kappa shape index (κ1) is 14.7. The van der Waals surface area contributed by atoms with Crippen LogP contribution >= 0.6 is 0 Å². The molecule has 1 saturated heterocycles. The van der Waals surface area contributed by atoms with Gasteiger partial charge in [0.05, 0.1) is 12.3 Å². The highest BCUT2D eigenvalue weighted by Gasteiger charge is 2.27. The molecule has 0 radical (unpaired) electrons. The summed E-state index contributed by atoms with van der Waals surface area (Å²) in [5.41, 5.74) is 2.57. The van der Waals surface area contributed by atoms with Crippen molar-refractivity contribution >= 4 is 0 Å². The van der Waals surface area contributed by atoms with Gasteiger partial charge < -0.3 is 14.8 Å². The number of rotatable bonds is 6. The fourth-order valence-electron chi connectivity index (χ4n) is 3.51. The molecule has 1 aromatic heterocycles. The Kier molecular flexibility index (Phi) is 4.46. The first-order valence-corrected chi connectivity index (χ1v) is 8.85. The van der Waals surface area contributed by atoms with E-state index in [1.807, 2.05) is 0 Å². The molecule has 5 nitrogen and oxygen atoms in total. The molecule has 0 spiro atoms. The quantitative estimate of drug-likeness (QED) is 0.872. The Labute approximate surface area is 132 Å². The van der Waals surface area contributed by atoms with Gasteiger partial charge in [0.2, 0.25) is 0 Å². The Morgan fingerprint density at radius 1 is 1.09 bits per heavy atom. The third-order valence-corrected chi connectivity index (χ3v) is 5.11. The van der Waals surface area contributed by atoms with Crippen molar-refractivity contribution in [1.82, 2.24) is 15.1 Å². The summed E-state index contributed by atoms with van der Waals surface area (Å²) in [6.07, 6.45) is 8.50. The van der Waals surface area contributed by atoms with Crippen LogP contribution in [0.4, 0.5) is 0 Å². The van der Waals surface area contributed by atoms with E-state index in [1.165, 1.54) is 36.9 Å². The first-order valence-electron chi connectivity index (χ1n) is 8.85. The van der Waals surface area contributed by atoms with Crippen molar-refractivity contribution in [2.24, 2.45) is 11.8 Å². The molecule has 1 aliphatic carbocycles. The van der Waals surface area contributed by atoms with Crippen molar-refractivity contribution in [2.45, 2.75) is 44.8 Å². The monoisotopic (exact) mass is 305 g/mol. The molecule has 1 N–H and O–H groups in total. The summed E-state index contributed by atoms with van der Waals surface area (Å²) in [5.74, 6) is 1.62. The predicted octanol–water partition coefficient (Wildman–Crippen LogP) is 1.92. The number of aromatic nitrogens is 2. The fourth-order valence-corrected chi connectivity index (χ4v) is 3.51. The third kappa shape index (κ3) is 3.53. The van der Waals surface area contributed by atoms with Gasteiger partial charge in [-0.3, -0.25) is 4.68 Å². The summed E-state index contributed by atoms with van der Waals surface area (Å²) >= 11 is 0.